The fraction of sp³-hybridized carbons (Fsp3) is 0.522. The van der Waals surface area contributed by atoms with E-state index >= 15 is 0 Å². The molecular weight excluding hydrogens is 388 g/mol. The number of hydrogen-bond donors (Lipinski definition) is 0. The predicted octanol–water partition coefficient (Wildman–Crippen LogP) is 4.82. The largest absolute Gasteiger partial charge is 0.445 e. The average Bonchev–Trinajstić information content (AvgIpc) is 2.89. The maximum atomic E-state index is 12.5. The molecule has 0 atom stereocenters. The Morgan fingerprint density at radius 1 is 1.14 bits per heavy atom. The molecule has 0 radical (unpaired) electrons. The molecule has 0 bridgehead atoms. The van der Waals surface area contributed by atoms with Gasteiger partial charge in [0.2, 0.25) is 0 Å². The fourth-order valence-electron chi connectivity index (χ4n) is 3.49. The lowest BCUT2D eigenvalue weighted by Crippen LogP contribution is -2.52. The van der Waals surface area contributed by atoms with Gasteiger partial charge in [-0.15, -0.1) is 11.6 Å². The van der Waals surface area contributed by atoms with Crippen molar-refractivity contribution in [3.63, 3.8) is 0 Å². The number of alkyl halides is 1. The summed E-state index contributed by atoms with van der Waals surface area (Å²) in [4.78, 5) is 16.5. The SMILES string of the molecule is CC1(C)COC(C)(C)N1C(=O)OC/C=C/CN(C/C=C/CCl)Cc1ccccc1. The lowest BCUT2D eigenvalue weighted by molar-refractivity contribution is -0.0503. The Labute approximate surface area is 179 Å². The number of amides is 1. The predicted molar refractivity (Wildman–Crippen MR) is 118 cm³/mol. The molecule has 160 valence electrons. The number of carbonyl (C=O) groups is 1. The van der Waals surface area contributed by atoms with Crippen LogP contribution >= 0.6 is 11.6 Å². The minimum absolute atomic E-state index is 0.234. The zero-order valence-corrected chi connectivity index (χ0v) is 18.7. The summed E-state index contributed by atoms with van der Waals surface area (Å²) in [6.45, 7) is 10.9. The van der Waals surface area contributed by atoms with Gasteiger partial charge in [-0.25, -0.2) is 4.79 Å². The summed E-state index contributed by atoms with van der Waals surface area (Å²) in [5.74, 6) is 0.512. The maximum Gasteiger partial charge on any atom is 0.412 e. The van der Waals surface area contributed by atoms with Crippen molar-refractivity contribution in [2.75, 3.05) is 32.2 Å². The van der Waals surface area contributed by atoms with E-state index in [9.17, 15) is 4.79 Å². The molecule has 2 rings (SSSR count). The van der Waals surface area contributed by atoms with E-state index in [0.29, 0.717) is 12.5 Å². The van der Waals surface area contributed by atoms with Gasteiger partial charge in [0.15, 0.2) is 0 Å². The highest BCUT2D eigenvalue weighted by Gasteiger charge is 2.49. The van der Waals surface area contributed by atoms with Gasteiger partial charge in [-0.2, -0.15) is 0 Å². The van der Waals surface area contributed by atoms with Gasteiger partial charge in [-0.1, -0.05) is 48.6 Å². The van der Waals surface area contributed by atoms with Gasteiger partial charge in [0, 0.05) is 25.5 Å². The average molecular weight is 421 g/mol. The van der Waals surface area contributed by atoms with Crippen LogP contribution in [0.5, 0.6) is 0 Å². The molecule has 1 aromatic carbocycles. The third-order valence-electron chi connectivity index (χ3n) is 4.81. The Kier molecular flexibility index (Phi) is 8.75. The summed E-state index contributed by atoms with van der Waals surface area (Å²) >= 11 is 5.73. The van der Waals surface area contributed by atoms with Crippen molar-refractivity contribution >= 4 is 17.7 Å². The monoisotopic (exact) mass is 420 g/mol. The molecule has 1 heterocycles. The molecule has 1 fully saturated rings. The number of halogens is 1. The van der Waals surface area contributed by atoms with E-state index < -0.39 is 5.72 Å². The van der Waals surface area contributed by atoms with Crippen molar-refractivity contribution < 1.29 is 14.3 Å². The summed E-state index contributed by atoms with van der Waals surface area (Å²) in [7, 11) is 0. The number of carbonyl (C=O) groups excluding carboxylic acids is 1. The Hall–Kier alpha value is -1.82. The summed E-state index contributed by atoms with van der Waals surface area (Å²) in [6.07, 6.45) is 7.58. The van der Waals surface area contributed by atoms with Crippen molar-refractivity contribution in [1.29, 1.82) is 0 Å². The van der Waals surface area contributed by atoms with Crippen molar-refractivity contribution in [3.05, 3.63) is 60.2 Å². The second-order valence-electron chi connectivity index (χ2n) is 8.24. The lowest BCUT2D eigenvalue weighted by Gasteiger charge is -2.36. The van der Waals surface area contributed by atoms with Crippen LogP contribution in [0.15, 0.2) is 54.6 Å². The van der Waals surface area contributed by atoms with Crippen LogP contribution in [0.1, 0.15) is 33.3 Å². The van der Waals surface area contributed by atoms with E-state index in [1.54, 1.807) is 4.90 Å². The molecule has 6 heteroatoms. The minimum atomic E-state index is -0.661. The number of nitrogens with zero attached hydrogens (tertiary/aromatic N) is 2. The molecule has 0 spiro atoms. The summed E-state index contributed by atoms with van der Waals surface area (Å²) in [5.41, 5.74) is 0.210. The van der Waals surface area contributed by atoms with Crippen LogP contribution in [0, 0.1) is 0 Å². The molecule has 0 unspecified atom stereocenters. The number of hydrogen-bond acceptors (Lipinski definition) is 4. The topological polar surface area (TPSA) is 42.0 Å². The van der Waals surface area contributed by atoms with Crippen LogP contribution in [0.25, 0.3) is 0 Å². The molecule has 0 N–H and O–H groups in total. The lowest BCUT2D eigenvalue weighted by atomic mass is 10.0. The first-order valence-electron chi connectivity index (χ1n) is 9.99. The fourth-order valence-corrected chi connectivity index (χ4v) is 3.61. The Morgan fingerprint density at radius 3 is 2.38 bits per heavy atom. The molecule has 1 saturated heterocycles. The van der Waals surface area contributed by atoms with E-state index in [4.69, 9.17) is 21.1 Å². The van der Waals surface area contributed by atoms with Gasteiger partial charge in [0.1, 0.15) is 12.3 Å². The van der Waals surface area contributed by atoms with E-state index in [1.165, 1.54) is 5.56 Å². The zero-order chi connectivity index (χ0) is 21.3. The van der Waals surface area contributed by atoms with Gasteiger partial charge in [-0.05, 0) is 39.3 Å². The van der Waals surface area contributed by atoms with E-state index in [2.05, 4.69) is 23.1 Å². The molecule has 1 aromatic rings. The van der Waals surface area contributed by atoms with Crippen LogP contribution in [0.4, 0.5) is 4.79 Å². The number of ether oxygens (including phenoxy) is 2. The van der Waals surface area contributed by atoms with Crippen molar-refractivity contribution in [2.24, 2.45) is 0 Å². The van der Waals surface area contributed by atoms with Crippen LogP contribution < -0.4 is 0 Å². The van der Waals surface area contributed by atoms with E-state index in [1.807, 2.05) is 64.1 Å². The van der Waals surface area contributed by atoms with Crippen LogP contribution in [-0.4, -0.2) is 59.3 Å². The van der Waals surface area contributed by atoms with E-state index in [-0.39, 0.29) is 18.2 Å². The van der Waals surface area contributed by atoms with E-state index in [0.717, 1.165) is 19.6 Å². The Balaban J connectivity index is 1.85. The minimum Gasteiger partial charge on any atom is -0.445 e. The third-order valence-corrected chi connectivity index (χ3v) is 4.98. The van der Waals surface area contributed by atoms with Crippen LogP contribution in [0.2, 0.25) is 0 Å². The van der Waals surface area contributed by atoms with Gasteiger partial charge >= 0.3 is 6.09 Å². The molecule has 29 heavy (non-hydrogen) atoms. The highest BCUT2D eigenvalue weighted by atomic mass is 35.5. The Bertz CT molecular complexity index is 685. The first kappa shape index (κ1) is 23.5. The third kappa shape index (κ3) is 7.18. The second-order valence-corrected chi connectivity index (χ2v) is 8.55. The van der Waals surface area contributed by atoms with Gasteiger partial charge in [-0.3, -0.25) is 9.80 Å². The number of benzene rings is 1. The first-order valence-corrected chi connectivity index (χ1v) is 10.5. The smallest absolute Gasteiger partial charge is 0.412 e. The van der Waals surface area contributed by atoms with Gasteiger partial charge in [0.05, 0.1) is 12.1 Å². The standard InChI is InChI=1S/C23H33ClN2O3/c1-22(2)19-29-23(3,4)26(22)21(27)28-17-11-10-16-25(15-9-8-14-24)18-20-12-6-5-7-13-20/h5-13H,14-19H2,1-4H3/b9-8+,11-10+. The molecule has 5 nitrogen and oxygen atoms in total. The number of allylic oxidation sites excluding steroid dienone is 1. The zero-order valence-electron chi connectivity index (χ0n) is 17.9. The van der Waals surface area contributed by atoms with Crippen LogP contribution in [0.3, 0.4) is 0 Å². The van der Waals surface area contributed by atoms with Crippen LogP contribution in [-0.2, 0) is 16.0 Å². The summed E-state index contributed by atoms with van der Waals surface area (Å²) in [5, 5.41) is 0. The molecule has 0 aromatic heterocycles. The molecular formula is C23H33ClN2O3. The quantitative estimate of drug-likeness (QED) is 0.424. The molecule has 1 aliphatic rings. The van der Waals surface area contributed by atoms with Crippen molar-refractivity contribution in [2.45, 2.75) is 45.5 Å². The first-order chi connectivity index (χ1) is 13.8. The Morgan fingerprint density at radius 2 is 1.79 bits per heavy atom. The molecule has 0 aliphatic carbocycles. The summed E-state index contributed by atoms with van der Waals surface area (Å²) in [6, 6.07) is 10.3. The highest BCUT2D eigenvalue weighted by molar-refractivity contribution is 6.18. The highest BCUT2D eigenvalue weighted by Crippen LogP contribution is 2.34. The second kappa shape index (κ2) is 10.8. The molecule has 1 amide bonds. The normalized spacial score (nSPS) is 18.2. The molecule has 1 aliphatic heterocycles. The van der Waals surface area contributed by atoms with Crippen molar-refractivity contribution in [1.82, 2.24) is 9.80 Å². The summed E-state index contributed by atoms with van der Waals surface area (Å²) < 4.78 is 11.2. The van der Waals surface area contributed by atoms with Gasteiger partial charge < -0.3 is 9.47 Å². The molecule has 0 saturated carbocycles. The van der Waals surface area contributed by atoms with Gasteiger partial charge in [0.25, 0.3) is 0 Å². The number of rotatable bonds is 9. The van der Waals surface area contributed by atoms with Crippen molar-refractivity contribution in [3.8, 4) is 0 Å². The maximum absolute atomic E-state index is 12.5.